The lowest BCUT2D eigenvalue weighted by molar-refractivity contribution is -0.121. The van der Waals surface area contributed by atoms with Gasteiger partial charge in [-0.1, -0.05) is 11.2 Å². The van der Waals surface area contributed by atoms with Crippen LogP contribution < -0.4 is 10.6 Å². The maximum atomic E-state index is 13.0. The fourth-order valence-electron chi connectivity index (χ4n) is 2.65. The molecule has 2 aromatic carbocycles. The van der Waals surface area contributed by atoms with Gasteiger partial charge in [-0.25, -0.2) is 4.39 Å². The predicted molar refractivity (Wildman–Crippen MR) is 106 cm³/mol. The summed E-state index contributed by atoms with van der Waals surface area (Å²) in [6.45, 7) is 0.795. The van der Waals surface area contributed by atoms with Crippen LogP contribution in [0.3, 0.4) is 0 Å². The average Bonchev–Trinajstić information content (AvgIpc) is 3.21. The second-order valence-corrected chi connectivity index (χ2v) is 6.53. The Hall–Kier alpha value is -3.75. The third-order valence-electron chi connectivity index (χ3n) is 4.21. The van der Waals surface area contributed by atoms with Gasteiger partial charge in [-0.3, -0.25) is 9.59 Å². The number of rotatable bonds is 9. The van der Waals surface area contributed by atoms with E-state index in [1.807, 2.05) is 0 Å². The highest BCUT2D eigenvalue weighted by atomic mass is 19.1. The van der Waals surface area contributed by atoms with E-state index < -0.39 is 0 Å². The fourth-order valence-corrected chi connectivity index (χ4v) is 2.65. The molecule has 1 heterocycles. The summed E-state index contributed by atoms with van der Waals surface area (Å²) in [7, 11) is 0. The van der Waals surface area contributed by atoms with Crippen LogP contribution in [0.4, 0.5) is 4.39 Å². The number of amides is 2. The van der Waals surface area contributed by atoms with Crippen LogP contribution in [0.25, 0.3) is 11.4 Å². The lowest BCUT2D eigenvalue weighted by atomic mass is 10.2. The van der Waals surface area contributed by atoms with Crippen molar-refractivity contribution >= 4 is 11.8 Å². The van der Waals surface area contributed by atoms with E-state index in [9.17, 15) is 19.1 Å². The van der Waals surface area contributed by atoms with Crippen LogP contribution in [0.5, 0.6) is 5.75 Å². The van der Waals surface area contributed by atoms with E-state index >= 15 is 0 Å². The number of aromatic nitrogens is 2. The van der Waals surface area contributed by atoms with Crippen LogP contribution in [0.2, 0.25) is 0 Å². The van der Waals surface area contributed by atoms with Crippen LogP contribution in [-0.4, -0.2) is 40.2 Å². The molecule has 2 amide bonds. The first kappa shape index (κ1) is 21.0. The Labute approximate surface area is 172 Å². The average molecular weight is 412 g/mol. The number of hydrogen-bond donors (Lipinski definition) is 3. The number of carbonyl (C=O) groups is 2. The molecule has 30 heavy (non-hydrogen) atoms. The number of aryl methyl sites for hydroxylation is 1. The Morgan fingerprint density at radius 1 is 1.07 bits per heavy atom. The highest BCUT2D eigenvalue weighted by molar-refractivity contribution is 5.94. The zero-order valence-electron chi connectivity index (χ0n) is 16.1. The molecule has 0 spiro atoms. The van der Waals surface area contributed by atoms with E-state index in [2.05, 4.69) is 20.8 Å². The fraction of sp³-hybridized carbons (Fsp3) is 0.238. The van der Waals surface area contributed by atoms with E-state index in [0.29, 0.717) is 42.4 Å². The lowest BCUT2D eigenvalue weighted by Crippen LogP contribution is -2.30. The molecule has 3 N–H and O–H groups in total. The van der Waals surface area contributed by atoms with E-state index in [4.69, 9.17) is 4.52 Å². The number of nitrogens with zero attached hydrogens (tertiary/aromatic N) is 2. The molecule has 0 aliphatic rings. The standard InChI is InChI=1S/C21H21FN4O4/c22-16-7-5-14(6-8-16)20-25-19(30-26-20)10-9-18(28)23-11-2-12-24-21(29)15-3-1-4-17(27)13-15/h1,3-8,13,27H,2,9-12H2,(H,23,28)(H,24,29). The van der Waals surface area contributed by atoms with Gasteiger partial charge in [-0.2, -0.15) is 4.98 Å². The van der Waals surface area contributed by atoms with Gasteiger partial charge in [0.25, 0.3) is 5.91 Å². The van der Waals surface area contributed by atoms with Gasteiger partial charge in [0.15, 0.2) is 0 Å². The second-order valence-electron chi connectivity index (χ2n) is 6.53. The summed E-state index contributed by atoms with van der Waals surface area (Å²) in [5, 5.41) is 18.7. The zero-order valence-corrected chi connectivity index (χ0v) is 16.1. The molecule has 8 nitrogen and oxygen atoms in total. The van der Waals surface area contributed by atoms with Crippen molar-refractivity contribution in [2.24, 2.45) is 0 Å². The molecule has 0 saturated carbocycles. The third kappa shape index (κ3) is 6.13. The van der Waals surface area contributed by atoms with Crippen LogP contribution in [-0.2, 0) is 11.2 Å². The Kier molecular flexibility index (Phi) is 7.09. The largest absolute Gasteiger partial charge is 0.508 e. The minimum Gasteiger partial charge on any atom is -0.508 e. The summed E-state index contributed by atoms with van der Waals surface area (Å²) in [6.07, 6.45) is 1.03. The topological polar surface area (TPSA) is 117 Å². The summed E-state index contributed by atoms with van der Waals surface area (Å²) in [6, 6.07) is 11.8. The molecule has 9 heteroatoms. The second kappa shape index (κ2) is 10.1. The number of phenols is 1. The molecular formula is C21H21FN4O4. The quantitative estimate of drug-likeness (QED) is 0.465. The highest BCUT2D eigenvalue weighted by Crippen LogP contribution is 2.16. The molecule has 156 valence electrons. The van der Waals surface area contributed by atoms with Gasteiger partial charge in [0.05, 0.1) is 0 Å². The highest BCUT2D eigenvalue weighted by Gasteiger charge is 2.11. The monoisotopic (exact) mass is 412 g/mol. The molecule has 0 bridgehead atoms. The number of benzene rings is 2. The van der Waals surface area contributed by atoms with Crippen molar-refractivity contribution in [2.75, 3.05) is 13.1 Å². The van der Waals surface area contributed by atoms with Gasteiger partial charge in [0, 0.05) is 37.1 Å². The summed E-state index contributed by atoms with van der Waals surface area (Å²) in [5.74, 6) is -0.115. The molecule has 0 unspecified atom stereocenters. The Balaban J connectivity index is 1.32. The summed E-state index contributed by atoms with van der Waals surface area (Å²) in [5.41, 5.74) is 1.00. The Morgan fingerprint density at radius 3 is 2.60 bits per heavy atom. The molecule has 0 radical (unpaired) electrons. The van der Waals surface area contributed by atoms with Crippen LogP contribution in [0, 0.1) is 5.82 Å². The summed E-state index contributed by atoms with van der Waals surface area (Å²) in [4.78, 5) is 28.1. The number of carbonyl (C=O) groups excluding carboxylic acids is 2. The van der Waals surface area contributed by atoms with Crippen molar-refractivity contribution in [3.05, 3.63) is 65.8 Å². The van der Waals surface area contributed by atoms with Crippen LogP contribution in [0.1, 0.15) is 29.1 Å². The minimum absolute atomic E-state index is 0.0287. The molecular weight excluding hydrogens is 391 g/mol. The van der Waals surface area contributed by atoms with Crippen molar-refractivity contribution in [1.29, 1.82) is 0 Å². The van der Waals surface area contributed by atoms with Crippen molar-refractivity contribution < 1.29 is 23.6 Å². The number of hydrogen-bond acceptors (Lipinski definition) is 6. The van der Waals surface area contributed by atoms with Crippen LogP contribution in [0.15, 0.2) is 53.1 Å². The third-order valence-corrected chi connectivity index (χ3v) is 4.21. The number of phenolic OH excluding ortho intramolecular Hbond substituents is 1. The van der Waals surface area contributed by atoms with E-state index in [-0.39, 0.29) is 36.2 Å². The number of aromatic hydroxyl groups is 1. The van der Waals surface area contributed by atoms with Crippen LogP contribution >= 0.6 is 0 Å². The van der Waals surface area contributed by atoms with Gasteiger partial charge in [0.1, 0.15) is 11.6 Å². The Morgan fingerprint density at radius 2 is 1.83 bits per heavy atom. The molecule has 1 aromatic heterocycles. The molecule has 3 rings (SSSR count). The van der Waals surface area contributed by atoms with Gasteiger partial charge in [-0.15, -0.1) is 0 Å². The zero-order chi connectivity index (χ0) is 21.3. The predicted octanol–water partition coefficient (Wildman–Crippen LogP) is 2.45. The van der Waals surface area contributed by atoms with Gasteiger partial charge in [-0.05, 0) is 48.9 Å². The molecule has 3 aromatic rings. The Bertz CT molecular complexity index is 1000. The first-order valence-corrected chi connectivity index (χ1v) is 9.44. The SMILES string of the molecule is O=C(CCc1nc(-c2ccc(F)cc2)no1)NCCCNC(=O)c1cccc(O)c1. The molecule has 0 aliphatic heterocycles. The van der Waals surface area contributed by atoms with E-state index in [1.54, 1.807) is 24.3 Å². The van der Waals surface area contributed by atoms with Crippen molar-refractivity contribution in [3.63, 3.8) is 0 Å². The van der Waals surface area contributed by atoms with E-state index in [1.165, 1.54) is 24.3 Å². The van der Waals surface area contributed by atoms with Gasteiger partial charge >= 0.3 is 0 Å². The molecule has 0 fully saturated rings. The lowest BCUT2D eigenvalue weighted by Gasteiger charge is -2.07. The van der Waals surface area contributed by atoms with Crippen molar-refractivity contribution in [1.82, 2.24) is 20.8 Å². The molecule has 0 aliphatic carbocycles. The van der Waals surface area contributed by atoms with Crippen molar-refractivity contribution in [3.8, 4) is 17.1 Å². The van der Waals surface area contributed by atoms with Gasteiger partial charge in [0.2, 0.25) is 17.6 Å². The number of nitrogens with one attached hydrogen (secondary N) is 2. The first-order chi connectivity index (χ1) is 14.5. The number of halogens is 1. The normalized spacial score (nSPS) is 10.6. The van der Waals surface area contributed by atoms with Gasteiger partial charge < -0.3 is 20.3 Å². The smallest absolute Gasteiger partial charge is 0.251 e. The molecule has 0 saturated heterocycles. The molecule has 0 atom stereocenters. The summed E-state index contributed by atoms with van der Waals surface area (Å²) < 4.78 is 18.1. The maximum absolute atomic E-state index is 13.0. The van der Waals surface area contributed by atoms with Crippen molar-refractivity contribution in [2.45, 2.75) is 19.3 Å². The minimum atomic E-state index is -0.349. The maximum Gasteiger partial charge on any atom is 0.251 e. The summed E-state index contributed by atoms with van der Waals surface area (Å²) >= 11 is 0. The first-order valence-electron chi connectivity index (χ1n) is 9.44. The van der Waals surface area contributed by atoms with E-state index in [0.717, 1.165) is 0 Å².